The van der Waals surface area contributed by atoms with Crippen molar-refractivity contribution in [2.24, 2.45) is 5.10 Å². The number of rotatable bonds is 2. The van der Waals surface area contributed by atoms with Gasteiger partial charge in [-0.05, 0) is 32.3 Å². The second kappa shape index (κ2) is 5.39. The van der Waals surface area contributed by atoms with E-state index in [1.165, 1.54) is 6.92 Å². The van der Waals surface area contributed by atoms with Crippen molar-refractivity contribution in [2.75, 3.05) is 0 Å². The maximum atomic E-state index is 12.4. The highest BCUT2D eigenvalue weighted by molar-refractivity contribution is 7.88. The van der Waals surface area contributed by atoms with Gasteiger partial charge >= 0.3 is 21.7 Å². The molecule has 0 aliphatic carbocycles. The van der Waals surface area contributed by atoms with Crippen LogP contribution in [0.2, 0.25) is 0 Å². The Balaban J connectivity index is 2.59. The summed E-state index contributed by atoms with van der Waals surface area (Å²) in [5.41, 5.74) is -6.30. The highest BCUT2D eigenvalue weighted by Gasteiger charge is 2.58. The molecule has 25 heavy (non-hydrogen) atoms. The molecule has 1 unspecified atom stereocenters. The number of carboxylic acid groups (broad SMARTS) is 1. The molecule has 1 aliphatic rings. The lowest BCUT2D eigenvalue weighted by molar-refractivity contribution is -0.0500. The van der Waals surface area contributed by atoms with Crippen molar-refractivity contribution in [1.29, 1.82) is 0 Å². The van der Waals surface area contributed by atoms with Gasteiger partial charge in [-0.25, -0.2) is 0 Å². The van der Waals surface area contributed by atoms with Crippen LogP contribution in [0.25, 0.3) is 0 Å². The molecule has 1 atom stereocenters. The zero-order valence-electron chi connectivity index (χ0n) is 13.6. The lowest BCUT2D eigenvalue weighted by Gasteiger charge is -2.34. The van der Waals surface area contributed by atoms with Gasteiger partial charge in [0, 0.05) is 6.07 Å². The third-order valence-electron chi connectivity index (χ3n) is 3.57. The number of hydrogen-bond acceptors (Lipinski definition) is 6. The maximum absolute atomic E-state index is 12.4. The molecule has 8 nitrogen and oxygen atoms in total. The van der Waals surface area contributed by atoms with Crippen molar-refractivity contribution in [3.63, 3.8) is 0 Å². The van der Waals surface area contributed by atoms with Gasteiger partial charge in [0.1, 0.15) is 11.3 Å². The number of aromatic nitrogens is 1. The Morgan fingerprint density at radius 3 is 2.28 bits per heavy atom. The lowest BCUT2D eigenvalue weighted by atomic mass is 10.0. The molecule has 0 radical (unpaired) electrons. The second-order valence-electron chi connectivity index (χ2n) is 6.30. The van der Waals surface area contributed by atoms with Crippen LogP contribution in [-0.4, -0.2) is 41.4 Å². The van der Waals surface area contributed by atoms with Crippen molar-refractivity contribution < 1.29 is 35.7 Å². The molecule has 1 aromatic heterocycles. The van der Waals surface area contributed by atoms with Gasteiger partial charge in [-0.15, -0.1) is 0 Å². The van der Waals surface area contributed by atoms with E-state index < -0.39 is 37.6 Å². The summed E-state index contributed by atoms with van der Waals surface area (Å²) in [6.45, 7) is 6.25. The molecule has 2 heterocycles. The molecule has 0 bridgehead atoms. The highest BCUT2D eigenvalue weighted by atomic mass is 32.2. The molecular weight excluding hydrogens is 367 g/mol. The van der Waals surface area contributed by atoms with Crippen LogP contribution in [0.15, 0.2) is 17.4 Å². The van der Waals surface area contributed by atoms with Gasteiger partial charge in [0.25, 0.3) is 5.82 Å². The molecule has 1 aromatic rings. The van der Waals surface area contributed by atoms with E-state index in [1.807, 2.05) is 0 Å². The Hall–Kier alpha value is -2.21. The van der Waals surface area contributed by atoms with Gasteiger partial charge < -0.3 is 9.29 Å². The van der Waals surface area contributed by atoms with Gasteiger partial charge in [-0.2, -0.15) is 31.4 Å². The van der Waals surface area contributed by atoms with Crippen molar-refractivity contribution in [3.8, 4) is 5.75 Å². The predicted octanol–water partition coefficient (Wildman–Crippen LogP) is 2.83. The van der Waals surface area contributed by atoms with E-state index in [1.54, 1.807) is 20.8 Å². The first kappa shape index (κ1) is 19.1. The average Bonchev–Trinajstić information content (AvgIpc) is 2.71. The number of carbonyl (C=O) groups is 1. The van der Waals surface area contributed by atoms with Gasteiger partial charge in [0.05, 0.1) is 11.8 Å². The van der Waals surface area contributed by atoms with Crippen molar-refractivity contribution in [2.45, 2.75) is 38.7 Å². The van der Waals surface area contributed by atoms with E-state index in [0.717, 1.165) is 12.3 Å². The zero-order chi connectivity index (χ0) is 19.4. The van der Waals surface area contributed by atoms with E-state index >= 15 is 0 Å². The number of nitrogens with zero attached hydrogens (tertiary/aromatic N) is 3. The van der Waals surface area contributed by atoms with E-state index in [9.17, 15) is 31.5 Å². The Labute approximate surface area is 141 Å². The first-order valence-electron chi connectivity index (χ1n) is 6.85. The molecule has 1 amide bonds. The minimum atomic E-state index is -5.86. The smallest absolute Gasteiger partial charge is 0.433 e. The maximum Gasteiger partial charge on any atom is 0.548 e. The van der Waals surface area contributed by atoms with Gasteiger partial charge in [-0.1, -0.05) is 5.10 Å². The molecule has 1 N–H and O–H groups in total. The molecule has 2 rings (SSSR count). The zero-order valence-corrected chi connectivity index (χ0v) is 14.4. The summed E-state index contributed by atoms with van der Waals surface area (Å²) in [6.07, 6.45) is -0.618. The molecule has 0 saturated heterocycles. The number of hydrogen-bond donors (Lipinski definition) is 1. The Morgan fingerprint density at radius 1 is 1.28 bits per heavy atom. The fraction of sp³-hybridized carbons (Fsp3) is 0.462. The number of quaternary nitrogens is 1. The standard InChI is InChI=1S/C13H14F3N3O5S/c1-7-9-5-8(24-25(22,23)13(14,15)16)6-17-10(9)19(18-7,11(20)21)12(2,3)4/h5-6H,1-4H3/p+1. The van der Waals surface area contributed by atoms with Crippen molar-refractivity contribution in [1.82, 2.24) is 9.58 Å². The summed E-state index contributed by atoms with van der Waals surface area (Å²) < 4.78 is 62.5. The number of alkyl halides is 3. The number of amides is 1. The van der Waals surface area contributed by atoms with Gasteiger partial charge in [0.15, 0.2) is 5.75 Å². The van der Waals surface area contributed by atoms with E-state index in [2.05, 4.69) is 14.3 Å². The van der Waals surface area contributed by atoms with Crippen molar-refractivity contribution >= 4 is 27.7 Å². The minimum absolute atomic E-state index is 0.0470. The molecule has 1 aliphatic heterocycles. The van der Waals surface area contributed by atoms with Gasteiger partial charge in [0.2, 0.25) is 0 Å². The highest BCUT2D eigenvalue weighted by Crippen LogP contribution is 2.42. The van der Waals surface area contributed by atoms with Crippen LogP contribution >= 0.6 is 0 Å². The fourth-order valence-corrected chi connectivity index (χ4v) is 2.84. The molecule has 12 heteroatoms. The SMILES string of the molecule is CC1=N[N+](C(=O)O)(C(C)(C)C)c2ncc(OS(=O)(=O)C(F)(F)F)cc21. The summed E-state index contributed by atoms with van der Waals surface area (Å²) in [6, 6.07) is 0.971. The monoisotopic (exact) mass is 382 g/mol. The van der Waals surface area contributed by atoms with Crippen LogP contribution in [0.1, 0.15) is 33.3 Å². The van der Waals surface area contributed by atoms with E-state index in [-0.39, 0.29) is 17.1 Å². The van der Waals surface area contributed by atoms with Crippen LogP contribution < -0.4 is 8.78 Å². The Kier molecular flexibility index (Phi) is 4.12. The largest absolute Gasteiger partial charge is 0.548 e. The molecular formula is C13H15F3N3O5S+. The number of pyridine rings is 1. The van der Waals surface area contributed by atoms with Crippen LogP contribution in [0.5, 0.6) is 5.75 Å². The van der Waals surface area contributed by atoms with E-state index in [4.69, 9.17) is 0 Å². The number of halogens is 3. The molecule has 138 valence electrons. The Bertz CT molecular complexity index is 874. The van der Waals surface area contributed by atoms with Crippen LogP contribution in [0, 0.1) is 0 Å². The third-order valence-corrected chi connectivity index (χ3v) is 4.55. The third kappa shape index (κ3) is 2.84. The summed E-state index contributed by atoms with van der Waals surface area (Å²) in [5, 5.41) is 13.8. The lowest BCUT2D eigenvalue weighted by Crippen LogP contribution is -2.60. The summed E-state index contributed by atoms with van der Waals surface area (Å²) in [4.78, 5) is 15.7. The van der Waals surface area contributed by atoms with Crippen LogP contribution in [0.3, 0.4) is 0 Å². The summed E-state index contributed by atoms with van der Waals surface area (Å²) in [7, 11) is -5.86. The first-order chi connectivity index (χ1) is 11.1. The van der Waals surface area contributed by atoms with E-state index in [0.29, 0.717) is 0 Å². The quantitative estimate of drug-likeness (QED) is 0.479. The fourth-order valence-electron chi connectivity index (χ4n) is 2.40. The van der Waals surface area contributed by atoms with Crippen LogP contribution in [-0.2, 0) is 10.1 Å². The predicted molar refractivity (Wildman–Crippen MR) is 81.6 cm³/mol. The summed E-state index contributed by atoms with van der Waals surface area (Å²) in [5.74, 6) is -0.737. The molecule has 0 fully saturated rings. The first-order valence-corrected chi connectivity index (χ1v) is 8.25. The molecule has 0 saturated carbocycles. The topological polar surface area (TPSA) is 106 Å². The summed E-state index contributed by atoms with van der Waals surface area (Å²) >= 11 is 0. The number of fused-ring (bicyclic) bond motifs is 1. The molecule has 0 spiro atoms. The Morgan fingerprint density at radius 2 is 1.84 bits per heavy atom. The second-order valence-corrected chi connectivity index (χ2v) is 7.84. The molecule has 0 aromatic carbocycles. The minimum Gasteiger partial charge on any atom is -0.433 e. The van der Waals surface area contributed by atoms with Gasteiger partial charge in [-0.3, -0.25) is 0 Å². The van der Waals surface area contributed by atoms with Crippen LogP contribution in [0.4, 0.5) is 23.8 Å². The normalized spacial score (nSPS) is 20.8. The average molecular weight is 382 g/mol. The van der Waals surface area contributed by atoms with Crippen molar-refractivity contribution in [3.05, 3.63) is 17.8 Å².